The molecule has 0 atom stereocenters. The second-order valence-corrected chi connectivity index (χ2v) is 4.80. The number of pyridine rings is 1. The van der Waals surface area contributed by atoms with Gasteiger partial charge >= 0.3 is 6.18 Å². The van der Waals surface area contributed by atoms with Crippen LogP contribution < -0.4 is 10.6 Å². The smallest absolute Gasteiger partial charge is 0.365 e. The first-order valence-electron chi connectivity index (χ1n) is 6.10. The summed E-state index contributed by atoms with van der Waals surface area (Å²) in [5, 5.41) is 0. The molecule has 1 fully saturated rings. The number of amides is 1. The average molecular weight is 309 g/mol. The van der Waals surface area contributed by atoms with E-state index in [9.17, 15) is 26.7 Å². The number of carbonyl (C=O) groups is 1. The molecule has 1 aliphatic heterocycles. The van der Waals surface area contributed by atoms with Gasteiger partial charge in [-0.25, -0.2) is 13.8 Å². The molecule has 0 aromatic carbocycles. The Morgan fingerprint density at radius 3 is 2.33 bits per heavy atom. The van der Waals surface area contributed by atoms with Crippen LogP contribution in [0.4, 0.5) is 27.8 Å². The van der Waals surface area contributed by atoms with Crippen molar-refractivity contribution in [2.24, 2.45) is 5.73 Å². The Morgan fingerprint density at radius 2 is 1.86 bits per heavy atom. The number of halogens is 5. The van der Waals surface area contributed by atoms with Gasteiger partial charge in [0.2, 0.25) is 0 Å². The average Bonchev–Trinajstić information content (AvgIpc) is 2.37. The number of alkyl halides is 5. The SMILES string of the molecule is NC(=O)c1cc(C(F)(F)F)cnc1N1CCC(F)(F)CC1. The van der Waals surface area contributed by atoms with Crippen molar-refractivity contribution in [2.75, 3.05) is 18.0 Å². The molecule has 2 heterocycles. The van der Waals surface area contributed by atoms with Crippen molar-refractivity contribution in [3.05, 3.63) is 23.4 Å². The molecule has 1 amide bonds. The van der Waals surface area contributed by atoms with Crippen molar-refractivity contribution < 1.29 is 26.7 Å². The van der Waals surface area contributed by atoms with Crippen LogP contribution in [0.25, 0.3) is 0 Å². The summed E-state index contributed by atoms with van der Waals surface area (Å²) in [4.78, 5) is 16.3. The first-order valence-corrected chi connectivity index (χ1v) is 6.10. The van der Waals surface area contributed by atoms with Crippen molar-refractivity contribution >= 4 is 11.7 Å². The lowest BCUT2D eigenvalue weighted by molar-refractivity contribution is -0.137. The summed E-state index contributed by atoms with van der Waals surface area (Å²) in [5.74, 6) is -3.98. The van der Waals surface area contributed by atoms with E-state index in [0.29, 0.717) is 12.3 Å². The van der Waals surface area contributed by atoms with Crippen LogP contribution in [0.15, 0.2) is 12.3 Å². The highest BCUT2D eigenvalue weighted by molar-refractivity contribution is 5.98. The molecular formula is C12H12F5N3O. The van der Waals surface area contributed by atoms with Gasteiger partial charge in [0.25, 0.3) is 11.8 Å². The maximum absolute atomic E-state index is 13.1. The number of anilines is 1. The number of hydrogen-bond donors (Lipinski definition) is 1. The van der Waals surface area contributed by atoms with Gasteiger partial charge in [0.15, 0.2) is 0 Å². The van der Waals surface area contributed by atoms with Crippen LogP contribution in [0.2, 0.25) is 0 Å². The third-order valence-corrected chi connectivity index (χ3v) is 3.25. The second-order valence-electron chi connectivity index (χ2n) is 4.80. The summed E-state index contributed by atoms with van der Waals surface area (Å²) in [6.07, 6.45) is -5.00. The Hall–Kier alpha value is -1.93. The molecule has 0 unspecified atom stereocenters. The zero-order valence-corrected chi connectivity index (χ0v) is 10.8. The molecule has 0 radical (unpaired) electrons. The van der Waals surface area contributed by atoms with Gasteiger partial charge in [-0.1, -0.05) is 0 Å². The molecule has 1 aliphatic rings. The van der Waals surface area contributed by atoms with Crippen LogP contribution in [0.5, 0.6) is 0 Å². The quantitative estimate of drug-likeness (QED) is 0.854. The third-order valence-electron chi connectivity index (χ3n) is 3.25. The number of nitrogens with zero attached hydrogens (tertiary/aromatic N) is 2. The Bertz CT molecular complexity index is 548. The van der Waals surface area contributed by atoms with E-state index < -0.39 is 42.0 Å². The van der Waals surface area contributed by atoms with Crippen molar-refractivity contribution in [2.45, 2.75) is 24.9 Å². The highest BCUT2D eigenvalue weighted by Gasteiger charge is 2.37. The minimum absolute atomic E-state index is 0.0917. The number of rotatable bonds is 2. The maximum atomic E-state index is 13.1. The zero-order chi connectivity index (χ0) is 15.8. The first kappa shape index (κ1) is 15.5. The summed E-state index contributed by atoms with van der Waals surface area (Å²) in [6.45, 7) is -0.211. The van der Waals surface area contributed by atoms with Crippen LogP contribution in [0.3, 0.4) is 0 Å². The minimum atomic E-state index is -4.66. The fourth-order valence-electron chi connectivity index (χ4n) is 2.09. The molecule has 9 heteroatoms. The van der Waals surface area contributed by atoms with Crippen molar-refractivity contribution in [3.8, 4) is 0 Å². The van der Waals surface area contributed by atoms with E-state index in [1.54, 1.807) is 0 Å². The monoisotopic (exact) mass is 309 g/mol. The van der Waals surface area contributed by atoms with Gasteiger partial charge in [-0.2, -0.15) is 13.2 Å². The van der Waals surface area contributed by atoms with Crippen molar-refractivity contribution in [1.82, 2.24) is 4.98 Å². The van der Waals surface area contributed by atoms with E-state index >= 15 is 0 Å². The van der Waals surface area contributed by atoms with Gasteiger partial charge in [-0.3, -0.25) is 4.79 Å². The summed E-state index contributed by atoms with van der Waals surface area (Å²) >= 11 is 0. The molecule has 0 aliphatic carbocycles. The van der Waals surface area contributed by atoms with E-state index in [1.165, 1.54) is 4.90 Å². The fraction of sp³-hybridized carbons (Fsp3) is 0.500. The van der Waals surface area contributed by atoms with Crippen LogP contribution in [-0.2, 0) is 6.18 Å². The lowest BCUT2D eigenvalue weighted by Gasteiger charge is -2.33. The predicted octanol–water partition coefficient (Wildman–Crippen LogP) is 2.43. The van der Waals surface area contributed by atoms with Gasteiger partial charge < -0.3 is 10.6 Å². The number of primary amides is 1. The lowest BCUT2D eigenvalue weighted by Crippen LogP contribution is -2.40. The number of aromatic nitrogens is 1. The maximum Gasteiger partial charge on any atom is 0.417 e. The van der Waals surface area contributed by atoms with Crippen LogP contribution in [-0.4, -0.2) is 29.9 Å². The summed E-state index contributed by atoms with van der Waals surface area (Å²) < 4.78 is 64.0. The normalized spacial score (nSPS) is 18.6. The number of hydrogen-bond acceptors (Lipinski definition) is 3. The molecule has 4 nitrogen and oxygen atoms in total. The predicted molar refractivity (Wildman–Crippen MR) is 64.2 cm³/mol. The molecular weight excluding hydrogens is 297 g/mol. The fourth-order valence-corrected chi connectivity index (χ4v) is 2.09. The van der Waals surface area contributed by atoms with Crippen LogP contribution in [0.1, 0.15) is 28.8 Å². The molecule has 1 aromatic heterocycles. The van der Waals surface area contributed by atoms with E-state index in [1.807, 2.05) is 0 Å². The molecule has 1 saturated heterocycles. The Morgan fingerprint density at radius 1 is 1.29 bits per heavy atom. The summed E-state index contributed by atoms with van der Waals surface area (Å²) in [6, 6.07) is 0.595. The number of piperidine rings is 1. The van der Waals surface area contributed by atoms with E-state index in [4.69, 9.17) is 5.73 Å². The summed E-state index contributed by atoms with van der Waals surface area (Å²) in [5.41, 5.74) is 3.54. The van der Waals surface area contributed by atoms with Crippen molar-refractivity contribution in [3.63, 3.8) is 0 Å². The standard InChI is InChI=1S/C12H12F5N3O/c13-11(14)1-3-20(4-2-11)10-8(9(18)21)5-7(6-19-10)12(15,16)17/h5-6H,1-4H2,(H2,18,21). The molecule has 0 bridgehead atoms. The van der Waals surface area contributed by atoms with Gasteiger partial charge in [-0.05, 0) is 6.07 Å². The van der Waals surface area contributed by atoms with Crippen LogP contribution >= 0.6 is 0 Å². The molecule has 116 valence electrons. The number of carbonyl (C=O) groups excluding carboxylic acids is 1. The Kier molecular flexibility index (Phi) is 3.77. The van der Waals surface area contributed by atoms with Gasteiger partial charge in [0.05, 0.1) is 11.1 Å². The molecule has 2 N–H and O–H groups in total. The topological polar surface area (TPSA) is 59.2 Å². The first-order chi connectivity index (χ1) is 9.60. The van der Waals surface area contributed by atoms with Crippen LogP contribution in [0, 0.1) is 0 Å². The van der Waals surface area contributed by atoms with E-state index in [2.05, 4.69) is 4.98 Å². The highest BCUT2D eigenvalue weighted by atomic mass is 19.4. The van der Waals surface area contributed by atoms with Crippen molar-refractivity contribution in [1.29, 1.82) is 0 Å². The Labute approximate surface area is 116 Å². The lowest BCUT2D eigenvalue weighted by atomic mass is 10.1. The van der Waals surface area contributed by atoms with E-state index in [0.717, 1.165) is 0 Å². The highest BCUT2D eigenvalue weighted by Crippen LogP contribution is 2.34. The number of nitrogens with two attached hydrogens (primary N) is 1. The molecule has 21 heavy (non-hydrogen) atoms. The van der Waals surface area contributed by atoms with E-state index in [-0.39, 0.29) is 18.9 Å². The van der Waals surface area contributed by atoms with Gasteiger partial charge in [0.1, 0.15) is 5.82 Å². The molecule has 0 spiro atoms. The zero-order valence-electron chi connectivity index (χ0n) is 10.8. The minimum Gasteiger partial charge on any atom is -0.365 e. The summed E-state index contributed by atoms with van der Waals surface area (Å²) in [7, 11) is 0. The van der Waals surface area contributed by atoms with Gasteiger partial charge in [0, 0.05) is 32.1 Å². The largest absolute Gasteiger partial charge is 0.417 e. The molecule has 2 rings (SSSR count). The molecule has 1 aromatic rings. The second kappa shape index (κ2) is 5.12. The Balaban J connectivity index is 2.34. The van der Waals surface area contributed by atoms with Gasteiger partial charge in [-0.15, -0.1) is 0 Å². The third kappa shape index (κ3) is 3.40. The molecule has 0 saturated carbocycles.